The van der Waals surface area contributed by atoms with Gasteiger partial charge in [-0.25, -0.2) is 19.1 Å². The van der Waals surface area contributed by atoms with Gasteiger partial charge in [0, 0.05) is 51.9 Å². The molecule has 60 heavy (non-hydrogen) atoms. The first-order chi connectivity index (χ1) is 28.0. The van der Waals surface area contributed by atoms with Gasteiger partial charge in [0.1, 0.15) is 22.8 Å². The van der Waals surface area contributed by atoms with Crippen LogP contribution in [0.25, 0.3) is 0 Å². The van der Waals surface area contributed by atoms with Crippen LogP contribution in [-0.2, 0) is 30.2 Å². The molecule has 1 saturated heterocycles. The molecule has 0 radical (unpaired) electrons. The van der Waals surface area contributed by atoms with Crippen molar-refractivity contribution < 1.29 is 38.2 Å². The number of carbonyl (C=O) groups excluding carboxylic acids is 5. The van der Waals surface area contributed by atoms with Crippen LogP contribution in [0.4, 0.5) is 14.4 Å². The van der Waals surface area contributed by atoms with E-state index in [1.807, 2.05) is 31.9 Å². The van der Waals surface area contributed by atoms with Crippen molar-refractivity contribution in [3.05, 3.63) is 11.9 Å². The highest BCUT2D eigenvalue weighted by atomic mass is 16.6. The number of guanidine groups is 1. The number of nitrogens with one attached hydrogen (secondary N) is 3. The van der Waals surface area contributed by atoms with E-state index >= 15 is 0 Å². The number of hydrogen-bond acceptors (Lipinski definition) is 11. The van der Waals surface area contributed by atoms with Crippen molar-refractivity contribution in [3.63, 3.8) is 0 Å². The number of alkyl carbamates (subject to hydrolysis) is 2. The zero-order valence-corrected chi connectivity index (χ0v) is 38.6. The fraction of sp³-hybridized carbons (Fsp3) is 0.814. The lowest BCUT2D eigenvalue weighted by Crippen LogP contribution is -2.51. The van der Waals surface area contributed by atoms with E-state index in [-0.39, 0.29) is 30.4 Å². The highest BCUT2D eigenvalue weighted by Gasteiger charge is 2.28. The second-order valence-electron chi connectivity index (χ2n) is 18.8. The van der Waals surface area contributed by atoms with E-state index in [0.29, 0.717) is 57.9 Å². The minimum atomic E-state index is -0.778. The molecule has 342 valence electrons. The quantitative estimate of drug-likeness (QED) is 0.0518. The summed E-state index contributed by atoms with van der Waals surface area (Å²) >= 11 is 0. The van der Waals surface area contributed by atoms with Gasteiger partial charge in [-0.05, 0) is 100 Å². The zero-order chi connectivity index (χ0) is 44.9. The minimum Gasteiger partial charge on any atom is -0.444 e. The summed E-state index contributed by atoms with van der Waals surface area (Å²) in [5.41, 5.74) is -1.23. The predicted molar refractivity (Wildman–Crippen MR) is 231 cm³/mol. The monoisotopic (exact) mass is 848 g/mol. The molecule has 0 bridgehead atoms. The van der Waals surface area contributed by atoms with Crippen LogP contribution in [0, 0.1) is 5.92 Å². The van der Waals surface area contributed by atoms with Crippen molar-refractivity contribution in [2.45, 2.75) is 182 Å². The number of nitrogens with zero attached hydrogens (tertiary/aromatic N) is 6. The van der Waals surface area contributed by atoms with Gasteiger partial charge in [-0.1, -0.05) is 64.0 Å². The largest absolute Gasteiger partial charge is 0.444 e. The molecule has 1 fully saturated rings. The van der Waals surface area contributed by atoms with Crippen LogP contribution in [0.3, 0.4) is 0 Å². The molecule has 5 amide bonds. The molecule has 17 heteroatoms. The Morgan fingerprint density at radius 1 is 0.733 bits per heavy atom. The maximum absolute atomic E-state index is 13.6. The molecule has 2 atom stereocenters. The molecule has 0 spiro atoms. The minimum absolute atomic E-state index is 0.116. The third-order valence-corrected chi connectivity index (χ3v) is 9.48. The second kappa shape index (κ2) is 25.4. The zero-order valence-electron chi connectivity index (χ0n) is 38.6. The van der Waals surface area contributed by atoms with Gasteiger partial charge >= 0.3 is 18.3 Å². The van der Waals surface area contributed by atoms with Gasteiger partial charge in [0.2, 0.25) is 17.8 Å². The van der Waals surface area contributed by atoms with Crippen LogP contribution >= 0.6 is 0 Å². The Kier molecular flexibility index (Phi) is 21.9. The summed E-state index contributed by atoms with van der Waals surface area (Å²) in [4.78, 5) is 71.5. The lowest BCUT2D eigenvalue weighted by molar-refractivity contribution is -0.133. The molecule has 0 saturated carbocycles. The van der Waals surface area contributed by atoms with Crippen molar-refractivity contribution in [1.29, 1.82) is 0 Å². The third kappa shape index (κ3) is 22.8. The Labute approximate surface area is 358 Å². The average molecular weight is 848 g/mol. The number of aromatic nitrogens is 3. The van der Waals surface area contributed by atoms with Crippen molar-refractivity contribution in [1.82, 2.24) is 40.7 Å². The summed E-state index contributed by atoms with van der Waals surface area (Å²) in [6.07, 6.45) is 11.2. The van der Waals surface area contributed by atoms with E-state index in [1.54, 1.807) is 51.1 Å². The van der Waals surface area contributed by atoms with E-state index in [0.717, 1.165) is 69.9 Å². The normalized spacial score (nSPS) is 14.4. The molecule has 0 unspecified atom stereocenters. The summed E-state index contributed by atoms with van der Waals surface area (Å²) < 4.78 is 17.7. The Bertz CT molecular complexity index is 1490. The molecule has 3 N–H and O–H groups in total. The van der Waals surface area contributed by atoms with E-state index in [4.69, 9.17) is 14.2 Å². The van der Waals surface area contributed by atoms with E-state index < -0.39 is 35.0 Å². The molecule has 0 aromatic carbocycles. The van der Waals surface area contributed by atoms with Gasteiger partial charge in [-0.3, -0.25) is 25.2 Å². The first-order valence-corrected chi connectivity index (χ1v) is 22.0. The molecule has 1 aromatic heterocycles. The predicted octanol–water partition coefficient (Wildman–Crippen LogP) is 7.30. The van der Waals surface area contributed by atoms with Crippen molar-refractivity contribution in [2.24, 2.45) is 10.9 Å². The van der Waals surface area contributed by atoms with Crippen LogP contribution in [0.2, 0.25) is 0 Å². The molecular formula is C43H77N9O8. The maximum atomic E-state index is 13.6. The third-order valence-electron chi connectivity index (χ3n) is 9.48. The van der Waals surface area contributed by atoms with Gasteiger partial charge < -0.3 is 29.3 Å². The smallest absolute Gasteiger partial charge is 0.414 e. The number of piperazine rings is 1. The van der Waals surface area contributed by atoms with Crippen LogP contribution in [-0.4, -0.2) is 117 Å². The number of rotatable bonds is 20. The SMILES string of the molecule is CC[C@H](C)Cc1cn([C@@H](CCCN=C(NC(=O)OC(C)(C)C)NC(=O)OC(C)(C)C)C(=O)NCCCCCCCCCCC(=O)N2CCN(C(=O)OC(C)(C)C)CC2)nn1. The number of amides is 5. The molecule has 1 aliphatic heterocycles. The number of hydrogen-bond donors (Lipinski definition) is 3. The Morgan fingerprint density at radius 2 is 1.25 bits per heavy atom. The van der Waals surface area contributed by atoms with E-state index in [2.05, 4.69) is 45.1 Å². The topological polar surface area (TPSA) is 199 Å². The second-order valence-corrected chi connectivity index (χ2v) is 18.8. The molecule has 0 aliphatic carbocycles. The fourth-order valence-electron chi connectivity index (χ4n) is 6.24. The van der Waals surface area contributed by atoms with Crippen LogP contribution < -0.4 is 16.0 Å². The van der Waals surface area contributed by atoms with Gasteiger partial charge in [0.15, 0.2) is 0 Å². The van der Waals surface area contributed by atoms with Crippen molar-refractivity contribution >= 4 is 36.1 Å². The highest BCUT2D eigenvalue weighted by molar-refractivity contribution is 6.01. The Hall–Kier alpha value is -4.44. The first kappa shape index (κ1) is 51.7. The lowest BCUT2D eigenvalue weighted by Gasteiger charge is -2.35. The summed E-state index contributed by atoms with van der Waals surface area (Å²) in [6.45, 7) is 23.0. The first-order valence-electron chi connectivity index (χ1n) is 22.0. The average Bonchev–Trinajstić information content (AvgIpc) is 3.58. The summed E-state index contributed by atoms with van der Waals surface area (Å²) in [5.74, 6) is 0.314. The van der Waals surface area contributed by atoms with E-state index in [1.165, 1.54) is 0 Å². The van der Waals surface area contributed by atoms with Crippen LogP contribution in [0.15, 0.2) is 11.2 Å². The Balaban J connectivity index is 1.80. The highest BCUT2D eigenvalue weighted by Crippen LogP contribution is 2.18. The standard InChI is InChI=1S/C43H77N9O8/c1-12-32(2)30-33-31-52(49-48-33)34(22-21-25-45-37(46-38(55)58-41(3,4)5)47-39(56)59-42(6,7)8)36(54)44-24-20-18-16-14-13-15-17-19-23-35(53)50-26-28-51(29-27-50)40(57)60-43(9,10)11/h31-32,34H,12-30H2,1-11H3,(H,44,54)(H2,45,46,47,55,56)/t32-,34-/m0/s1. The van der Waals surface area contributed by atoms with Crippen LogP contribution in [0.1, 0.15) is 165 Å². The molecule has 17 nitrogen and oxygen atoms in total. The summed E-state index contributed by atoms with van der Waals surface area (Å²) in [7, 11) is 0. The van der Waals surface area contributed by atoms with E-state index in [9.17, 15) is 24.0 Å². The van der Waals surface area contributed by atoms with Gasteiger partial charge in [-0.15, -0.1) is 5.10 Å². The van der Waals surface area contributed by atoms with Crippen LogP contribution in [0.5, 0.6) is 0 Å². The van der Waals surface area contributed by atoms with Crippen molar-refractivity contribution in [3.8, 4) is 0 Å². The fourth-order valence-corrected chi connectivity index (χ4v) is 6.24. The summed E-state index contributed by atoms with van der Waals surface area (Å²) in [5, 5.41) is 16.7. The molecule has 1 aliphatic rings. The van der Waals surface area contributed by atoms with Gasteiger partial charge in [0.05, 0.1) is 5.69 Å². The number of carbonyl (C=O) groups is 5. The van der Waals surface area contributed by atoms with Gasteiger partial charge in [-0.2, -0.15) is 0 Å². The van der Waals surface area contributed by atoms with Crippen molar-refractivity contribution in [2.75, 3.05) is 39.3 Å². The molecule has 1 aromatic rings. The number of aliphatic imine (C=N–C) groups is 1. The molecule has 2 rings (SSSR count). The molecule has 2 heterocycles. The number of ether oxygens (including phenoxy) is 3. The Morgan fingerprint density at radius 3 is 1.78 bits per heavy atom. The molecular weight excluding hydrogens is 771 g/mol. The summed E-state index contributed by atoms with van der Waals surface area (Å²) in [6, 6.07) is -0.617. The maximum Gasteiger partial charge on any atom is 0.414 e. The number of unbranched alkanes of at least 4 members (excludes halogenated alkanes) is 7. The lowest BCUT2D eigenvalue weighted by atomic mass is 10.0. The van der Waals surface area contributed by atoms with Gasteiger partial charge in [0.25, 0.3) is 0 Å².